The molecule has 26 heavy (non-hydrogen) atoms. The van der Waals surface area contributed by atoms with Gasteiger partial charge < -0.3 is 15.4 Å². The topological polar surface area (TPSA) is 63.2 Å². The first kappa shape index (κ1) is 17.2. The number of aromatic nitrogens is 1. The van der Waals surface area contributed by atoms with Crippen LogP contribution in [0.4, 0.5) is 11.4 Å². The van der Waals surface area contributed by atoms with Crippen LogP contribution in [0.2, 0.25) is 0 Å². The van der Waals surface area contributed by atoms with Crippen LogP contribution < -0.4 is 15.4 Å². The van der Waals surface area contributed by atoms with Gasteiger partial charge in [0.15, 0.2) is 0 Å². The fourth-order valence-electron chi connectivity index (χ4n) is 2.30. The van der Waals surface area contributed by atoms with E-state index < -0.39 is 0 Å². The molecule has 1 heterocycles. The van der Waals surface area contributed by atoms with Gasteiger partial charge in [-0.1, -0.05) is 24.3 Å². The van der Waals surface area contributed by atoms with E-state index in [1.807, 2.05) is 54.6 Å². The van der Waals surface area contributed by atoms with Crippen LogP contribution in [-0.4, -0.2) is 17.4 Å². The minimum absolute atomic E-state index is 0.187. The van der Waals surface area contributed by atoms with Crippen molar-refractivity contribution in [1.29, 1.82) is 0 Å². The number of ether oxygens (including phenoxy) is 1. The van der Waals surface area contributed by atoms with E-state index in [9.17, 15) is 4.79 Å². The summed E-state index contributed by atoms with van der Waals surface area (Å²) in [7, 11) is 0. The summed E-state index contributed by atoms with van der Waals surface area (Å²) >= 11 is 0. The molecule has 1 aromatic heterocycles. The lowest BCUT2D eigenvalue weighted by Gasteiger charge is -2.10. The minimum Gasteiger partial charge on any atom is -0.457 e. The molecule has 0 aliphatic carbocycles. The van der Waals surface area contributed by atoms with Gasteiger partial charge in [-0.15, -0.1) is 6.58 Å². The zero-order valence-electron chi connectivity index (χ0n) is 14.2. The van der Waals surface area contributed by atoms with Crippen molar-refractivity contribution in [2.75, 3.05) is 11.9 Å². The van der Waals surface area contributed by atoms with E-state index in [0.29, 0.717) is 12.1 Å². The van der Waals surface area contributed by atoms with E-state index in [-0.39, 0.29) is 5.91 Å². The molecule has 2 aromatic carbocycles. The Hall–Kier alpha value is -3.60. The summed E-state index contributed by atoms with van der Waals surface area (Å²) < 4.78 is 5.77. The number of pyridine rings is 1. The molecule has 0 aliphatic rings. The highest BCUT2D eigenvalue weighted by Crippen LogP contribution is 2.24. The predicted octanol–water partition coefficient (Wildman–Crippen LogP) is 4.53. The first-order chi connectivity index (χ1) is 12.7. The standard InChI is InChI=1S/C21H19N3O2/c1-2-12-23-21(25)16-13-18(15-22-14-16)24-17-8-10-20(11-9-17)26-19-6-4-3-5-7-19/h2-11,13-15,24H,1,12H2,(H,23,25). The Kier molecular flexibility index (Phi) is 5.62. The average molecular weight is 345 g/mol. The Bertz CT molecular complexity index is 877. The molecule has 0 atom stereocenters. The second kappa shape index (κ2) is 8.48. The Morgan fingerprint density at radius 1 is 1.00 bits per heavy atom. The zero-order chi connectivity index (χ0) is 18.2. The van der Waals surface area contributed by atoms with Crippen LogP contribution in [0.15, 0.2) is 85.7 Å². The Balaban J connectivity index is 1.65. The molecule has 130 valence electrons. The number of rotatable bonds is 7. The van der Waals surface area contributed by atoms with Crippen LogP contribution in [-0.2, 0) is 0 Å². The summed E-state index contributed by atoms with van der Waals surface area (Å²) in [6, 6.07) is 18.9. The molecule has 0 aliphatic heterocycles. The van der Waals surface area contributed by atoms with Gasteiger partial charge in [0.05, 0.1) is 17.4 Å². The molecule has 0 bridgehead atoms. The number of nitrogens with one attached hydrogen (secondary N) is 2. The van der Waals surface area contributed by atoms with Crippen molar-refractivity contribution >= 4 is 17.3 Å². The lowest BCUT2D eigenvalue weighted by atomic mass is 10.2. The summed E-state index contributed by atoms with van der Waals surface area (Å²) in [4.78, 5) is 16.1. The Labute approximate surface area is 152 Å². The van der Waals surface area contributed by atoms with E-state index in [0.717, 1.165) is 22.9 Å². The SMILES string of the molecule is C=CCNC(=O)c1cncc(Nc2ccc(Oc3ccccc3)cc2)c1. The van der Waals surface area contributed by atoms with E-state index >= 15 is 0 Å². The molecular weight excluding hydrogens is 326 g/mol. The highest BCUT2D eigenvalue weighted by atomic mass is 16.5. The number of anilines is 2. The van der Waals surface area contributed by atoms with Crippen LogP contribution in [0, 0.1) is 0 Å². The molecule has 0 spiro atoms. The molecule has 0 fully saturated rings. The Morgan fingerprint density at radius 3 is 2.46 bits per heavy atom. The Morgan fingerprint density at radius 2 is 1.73 bits per heavy atom. The molecule has 3 rings (SSSR count). The maximum absolute atomic E-state index is 12.0. The highest BCUT2D eigenvalue weighted by Gasteiger charge is 2.06. The lowest BCUT2D eigenvalue weighted by molar-refractivity contribution is 0.0957. The molecular formula is C21H19N3O2. The van der Waals surface area contributed by atoms with Crippen LogP contribution in [0.25, 0.3) is 0 Å². The van der Waals surface area contributed by atoms with Crippen molar-refractivity contribution in [3.63, 3.8) is 0 Å². The van der Waals surface area contributed by atoms with Crippen molar-refractivity contribution in [2.45, 2.75) is 0 Å². The number of benzene rings is 2. The minimum atomic E-state index is -0.187. The van der Waals surface area contributed by atoms with Crippen molar-refractivity contribution in [3.05, 3.63) is 91.3 Å². The lowest BCUT2D eigenvalue weighted by Crippen LogP contribution is -2.23. The molecule has 0 saturated heterocycles. The van der Waals surface area contributed by atoms with Gasteiger partial charge in [0, 0.05) is 18.4 Å². The van der Waals surface area contributed by atoms with Crippen molar-refractivity contribution in [2.24, 2.45) is 0 Å². The van der Waals surface area contributed by atoms with E-state index in [4.69, 9.17) is 4.74 Å². The molecule has 2 N–H and O–H groups in total. The monoisotopic (exact) mass is 345 g/mol. The molecule has 0 unspecified atom stereocenters. The second-order valence-electron chi connectivity index (χ2n) is 5.53. The maximum Gasteiger partial charge on any atom is 0.253 e. The van der Waals surface area contributed by atoms with Crippen LogP contribution in [0.3, 0.4) is 0 Å². The summed E-state index contributed by atoms with van der Waals surface area (Å²) in [6.45, 7) is 4.00. The van der Waals surface area contributed by atoms with Crippen LogP contribution >= 0.6 is 0 Å². The average Bonchev–Trinajstić information content (AvgIpc) is 2.69. The number of amides is 1. The van der Waals surface area contributed by atoms with Gasteiger partial charge >= 0.3 is 0 Å². The first-order valence-corrected chi connectivity index (χ1v) is 8.19. The quantitative estimate of drug-likeness (QED) is 0.617. The normalized spacial score (nSPS) is 10.0. The summed E-state index contributed by atoms with van der Waals surface area (Å²) in [6.07, 6.45) is 4.82. The number of hydrogen-bond acceptors (Lipinski definition) is 4. The number of para-hydroxylation sites is 1. The third-order valence-corrected chi connectivity index (χ3v) is 3.53. The number of nitrogens with zero attached hydrogens (tertiary/aromatic N) is 1. The number of carbonyl (C=O) groups is 1. The largest absolute Gasteiger partial charge is 0.457 e. The number of carbonyl (C=O) groups excluding carboxylic acids is 1. The third-order valence-electron chi connectivity index (χ3n) is 3.53. The molecule has 5 heteroatoms. The molecule has 3 aromatic rings. The summed E-state index contributed by atoms with van der Waals surface area (Å²) in [5.41, 5.74) is 2.09. The third kappa shape index (κ3) is 4.70. The van der Waals surface area contributed by atoms with Crippen molar-refractivity contribution in [3.8, 4) is 11.5 Å². The van der Waals surface area contributed by atoms with Crippen LogP contribution in [0.5, 0.6) is 11.5 Å². The van der Waals surface area contributed by atoms with Gasteiger partial charge in [-0.3, -0.25) is 9.78 Å². The molecule has 0 radical (unpaired) electrons. The smallest absolute Gasteiger partial charge is 0.253 e. The molecule has 1 amide bonds. The molecule has 0 saturated carbocycles. The fourth-order valence-corrected chi connectivity index (χ4v) is 2.30. The van der Waals surface area contributed by atoms with Crippen molar-refractivity contribution < 1.29 is 9.53 Å². The van der Waals surface area contributed by atoms with Gasteiger partial charge in [-0.05, 0) is 42.5 Å². The second-order valence-corrected chi connectivity index (χ2v) is 5.53. The summed E-state index contributed by atoms with van der Waals surface area (Å²) in [5, 5.41) is 5.96. The van der Waals surface area contributed by atoms with E-state index in [1.54, 1.807) is 18.3 Å². The first-order valence-electron chi connectivity index (χ1n) is 8.19. The summed E-state index contributed by atoms with van der Waals surface area (Å²) in [5.74, 6) is 1.35. The molecule has 5 nitrogen and oxygen atoms in total. The number of hydrogen-bond donors (Lipinski definition) is 2. The maximum atomic E-state index is 12.0. The van der Waals surface area contributed by atoms with Gasteiger partial charge in [0.25, 0.3) is 5.91 Å². The predicted molar refractivity (Wildman–Crippen MR) is 103 cm³/mol. The fraction of sp³-hybridized carbons (Fsp3) is 0.0476. The van der Waals surface area contributed by atoms with Gasteiger partial charge in [-0.25, -0.2) is 0 Å². The van der Waals surface area contributed by atoms with E-state index in [2.05, 4.69) is 22.2 Å². The van der Waals surface area contributed by atoms with E-state index in [1.165, 1.54) is 6.20 Å². The van der Waals surface area contributed by atoms with Gasteiger partial charge in [0.1, 0.15) is 11.5 Å². The van der Waals surface area contributed by atoms with Gasteiger partial charge in [-0.2, -0.15) is 0 Å². The highest BCUT2D eigenvalue weighted by molar-refractivity contribution is 5.94. The van der Waals surface area contributed by atoms with Gasteiger partial charge in [0.2, 0.25) is 0 Å². The van der Waals surface area contributed by atoms with Crippen molar-refractivity contribution in [1.82, 2.24) is 10.3 Å². The zero-order valence-corrected chi connectivity index (χ0v) is 14.2. The van der Waals surface area contributed by atoms with Crippen LogP contribution in [0.1, 0.15) is 10.4 Å².